The molecule has 1 aromatic heterocycles. The van der Waals surface area contributed by atoms with E-state index in [4.69, 9.17) is 4.52 Å². The molecular formula is C19H19N3O3. The van der Waals surface area contributed by atoms with E-state index < -0.39 is 5.41 Å². The molecule has 1 saturated carbocycles. The normalized spacial score (nSPS) is 23.8. The van der Waals surface area contributed by atoms with Gasteiger partial charge in [0.05, 0.1) is 11.1 Å². The summed E-state index contributed by atoms with van der Waals surface area (Å²) in [4.78, 5) is 26.0. The number of piperidine rings is 1. The minimum atomic E-state index is -0.481. The number of aromatic nitrogens is 1. The Labute approximate surface area is 145 Å². The maximum Gasteiger partial charge on any atom is 0.245 e. The summed E-state index contributed by atoms with van der Waals surface area (Å²) >= 11 is 0. The van der Waals surface area contributed by atoms with Gasteiger partial charge in [-0.1, -0.05) is 42.1 Å². The Morgan fingerprint density at radius 2 is 2.20 bits per heavy atom. The molecule has 1 aliphatic heterocycles. The monoisotopic (exact) mass is 337 g/mol. The van der Waals surface area contributed by atoms with Crippen molar-refractivity contribution in [1.82, 2.24) is 10.1 Å². The van der Waals surface area contributed by atoms with Crippen molar-refractivity contribution in [2.75, 3.05) is 18.4 Å². The van der Waals surface area contributed by atoms with Crippen LogP contribution in [-0.2, 0) is 16.0 Å². The summed E-state index contributed by atoms with van der Waals surface area (Å²) in [6, 6.07) is 11.7. The quantitative estimate of drug-likeness (QED) is 0.849. The Morgan fingerprint density at radius 3 is 2.96 bits per heavy atom. The zero-order valence-electron chi connectivity index (χ0n) is 13.8. The molecule has 25 heavy (non-hydrogen) atoms. The number of amides is 2. The number of nitrogens with one attached hydrogen (secondary N) is 1. The number of benzene rings is 1. The summed E-state index contributed by atoms with van der Waals surface area (Å²) < 4.78 is 5.25. The van der Waals surface area contributed by atoms with Gasteiger partial charge in [0.15, 0.2) is 0 Å². The molecule has 2 aliphatic rings. The number of anilines is 1. The molecule has 1 aromatic carbocycles. The zero-order valence-corrected chi connectivity index (χ0v) is 13.8. The van der Waals surface area contributed by atoms with Crippen LogP contribution in [0, 0.1) is 11.3 Å². The van der Waals surface area contributed by atoms with Crippen molar-refractivity contribution in [2.45, 2.75) is 12.8 Å². The van der Waals surface area contributed by atoms with E-state index in [1.54, 1.807) is 11.0 Å². The number of fused-ring (bicyclic) bond motifs is 1. The largest absolute Gasteiger partial charge is 0.338 e. The third-order valence-electron chi connectivity index (χ3n) is 5.11. The van der Waals surface area contributed by atoms with E-state index in [-0.39, 0.29) is 17.7 Å². The van der Waals surface area contributed by atoms with Crippen LogP contribution in [0.4, 0.5) is 5.88 Å². The fourth-order valence-corrected chi connectivity index (χ4v) is 3.63. The average Bonchev–Trinajstić information content (AvgIpc) is 2.97. The van der Waals surface area contributed by atoms with Gasteiger partial charge in [-0.25, -0.2) is 0 Å². The number of hydrogen-bond donors (Lipinski definition) is 1. The van der Waals surface area contributed by atoms with Gasteiger partial charge in [-0.3, -0.25) is 14.9 Å². The highest BCUT2D eigenvalue weighted by Gasteiger charge is 2.65. The molecule has 0 bridgehead atoms. The summed E-state index contributed by atoms with van der Waals surface area (Å²) in [6.07, 6.45) is 2.75. The molecule has 1 saturated heterocycles. The van der Waals surface area contributed by atoms with Gasteiger partial charge in [-0.15, -0.1) is 0 Å². The van der Waals surface area contributed by atoms with Crippen LogP contribution in [0.5, 0.6) is 0 Å². The van der Waals surface area contributed by atoms with E-state index in [1.165, 1.54) is 6.08 Å². The van der Waals surface area contributed by atoms with Crippen LogP contribution in [0.15, 0.2) is 53.6 Å². The Balaban J connectivity index is 1.39. The minimum absolute atomic E-state index is 0.0979. The Morgan fingerprint density at radius 1 is 1.40 bits per heavy atom. The molecule has 128 valence electrons. The Bertz CT molecular complexity index is 829. The molecule has 4 rings (SSSR count). The molecule has 1 aliphatic carbocycles. The Hall–Kier alpha value is -2.89. The second kappa shape index (κ2) is 5.88. The van der Waals surface area contributed by atoms with Crippen molar-refractivity contribution in [3.63, 3.8) is 0 Å². The fraction of sp³-hybridized carbons (Fsp3) is 0.316. The van der Waals surface area contributed by atoms with Gasteiger partial charge in [0.1, 0.15) is 0 Å². The first-order valence-corrected chi connectivity index (χ1v) is 8.33. The van der Waals surface area contributed by atoms with Crippen LogP contribution in [0.25, 0.3) is 0 Å². The van der Waals surface area contributed by atoms with Crippen molar-refractivity contribution in [3.8, 4) is 0 Å². The van der Waals surface area contributed by atoms with Gasteiger partial charge in [-0.05, 0) is 24.0 Å². The standard InChI is InChI=1S/C19H19N3O3/c1-2-17(23)22-11-14-10-19(14,12-22)18(24)20-16-9-15(21-25-16)8-13-6-4-3-5-7-13/h2-7,9,14H,1,8,10-12H2,(H,20,24). The lowest BCUT2D eigenvalue weighted by Gasteiger charge is -2.18. The maximum atomic E-state index is 12.6. The summed E-state index contributed by atoms with van der Waals surface area (Å²) in [5.41, 5.74) is 1.41. The lowest BCUT2D eigenvalue weighted by molar-refractivity contribution is -0.126. The molecule has 2 amide bonds. The first-order valence-electron chi connectivity index (χ1n) is 8.33. The van der Waals surface area contributed by atoms with Gasteiger partial charge in [0.2, 0.25) is 17.7 Å². The van der Waals surface area contributed by atoms with Crippen molar-refractivity contribution in [3.05, 3.63) is 60.3 Å². The number of carbonyl (C=O) groups is 2. The second-order valence-electron chi connectivity index (χ2n) is 6.78. The molecule has 2 atom stereocenters. The van der Waals surface area contributed by atoms with Crippen LogP contribution < -0.4 is 5.32 Å². The number of likely N-dealkylation sites (tertiary alicyclic amines) is 1. The van der Waals surface area contributed by atoms with Gasteiger partial charge in [-0.2, -0.15) is 0 Å². The maximum absolute atomic E-state index is 12.6. The van der Waals surface area contributed by atoms with E-state index in [0.29, 0.717) is 25.4 Å². The van der Waals surface area contributed by atoms with Gasteiger partial charge in [0.25, 0.3) is 0 Å². The molecule has 0 radical (unpaired) electrons. The third kappa shape index (κ3) is 2.84. The van der Waals surface area contributed by atoms with Crippen LogP contribution in [0.3, 0.4) is 0 Å². The van der Waals surface area contributed by atoms with E-state index in [2.05, 4.69) is 17.1 Å². The molecular weight excluding hydrogens is 318 g/mol. The summed E-state index contributed by atoms with van der Waals surface area (Å²) in [5.74, 6) is 0.357. The molecule has 2 unspecified atom stereocenters. The highest BCUT2D eigenvalue weighted by molar-refractivity contribution is 5.98. The lowest BCUT2D eigenvalue weighted by atomic mass is 10.1. The number of carbonyl (C=O) groups excluding carboxylic acids is 2. The first-order chi connectivity index (χ1) is 12.1. The highest BCUT2D eigenvalue weighted by atomic mass is 16.5. The van der Waals surface area contributed by atoms with Crippen molar-refractivity contribution in [2.24, 2.45) is 11.3 Å². The van der Waals surface area contributed by atoms with E-state index in [0.717, 1.165) is 17.7 Å². The third-order valence-corrected chi connectivity index (χ3v) is 5.11. The number of nitrogens with zero attached hydrogens (tertiary/aromatic N) is 2. The number of rotatable bonds is 5. The molecule has 2 fully saturated rings. The topological polar surface area (TPSA) is 75.4 Å². The van der Waals surface area contributed by atoms with Crippen LogP contribution in [0.1, 0.15) is 17.7 Å². The predicted octanol–water partition coefficient (Wildman–Crippen LogP) is 2.24. The molecule has 2 aromatic rings. The molecule has 1 N–H and O–H groups in total. The first kappa shape index (κ1) is 15.6. The molecule has 6 nitrogen and oxygen atoms in total. The highest BCUT2D eigenvalue weighted by Crippen LogP contribution is 2.58. The minimum Gasteiger partial charge on any atom is -0.338 e. The molecule has 0 spiro atoms. The lowest BCUT2D eigenvalue weighted by Crippen LogP contribution is -2.34. The van der Waals surface area contributed by atoms with E-state index in [9.17, 15) is 9.59 Å². The van der Waals surface area contributed by atoms with Gasteiger partial charge in [0, 0.05) is 25.6 Å². The van der Waals surface area contributed by atoms with E-state index in [1.807, 2.05) is 30.3 Å². The summed E-state index contributed by atoms with van der Waals surface area (Å²) in [5, 5.41) is 6.83. The van der Waals surface area contributed by atoms with Gasteiger partial charge >= 0.3 is 0 Å². The van der Waals surface area contributed by atoms with Crippen molar-refractivity contribution < 1.29 is 14.1 Å². The zero-order chi connectivity index (χ0) is 17.4. The smallest absolute Gasteiger partial charge is 0.245 e. The van der Waals surface area contributed by atoms with Crippen LogP contribution in [0.2, 0.25) is 0 Å². The summed E-state index contributed by atoms with van der Waals surface area (Å²) in [7, 11) is 0. The van der Waals surface area contributed by atoms with Gasteiger partial charge < -0.3 is 9.42 Å². The Kier molecular flexibility index (Phi) is 3.67. The molecule has 2 heterocycles. The second-order valence-corrected chi connectivity index (χ2v) is 6.78. The van der Waals surface area contributed by atoms with Crippen molar-refractivity contribution in [1.29, 1.82) is 0 Å². The predicted molar refractivity (Wildman–Crippen MR) is 91.7 cm³/mol. The average molecular weight is 337 g/mol. The van der Waals surface area contributed by atoms with Crippen LogP contribution >= 0.6 is 0 Å². The fourth-order valence-electron chi connectivity index (χ4n) is 3.63. The van der Waals surface area contributed by atoms with Crippen LogP contribution in [-0.4, -0.2) is 35.0 Å². The van der Waals surface area contributed by atoms with E-state index >= 15 is 0 Å². The summed E-state index contributed by atoms with van der Waals surface area (Å²) in [6.45, 7) is 4.57. The molecule has 6 heteroatoms. The van der Waals surface area contributed by atoms with Crippen molar-refractivity contribution >= 4 is 17.7 Å². The number of hydrogen-bond acceptors (Lipinski definition) is 4. The SMILES string of the molecule is C=CC(=O)N1CC2CC2(C(=O)Nc2cc(Cc3ccccc3)no2)C1.